The van der Waals surface area contributed by atoms with Crippen LogP contribution in [0.15, 0.2) is 53.6 Å². The van der Waals surface area contributed by atoms with E-state index in [1.54, 1.807) is 28.6 Å². The molecule has 2 aromatic carbocycles. The van der Waals surface area contributed by atoms with E-state index in [9.17, 15) is 18.4 Å². The molecule has 162 valence electrons. The highest BCUT2D eigenvalue weighted by Crippen LogP contribution is 2.24. The SMILES string of the molecule is O=C(NO)c1cnc(N2CCN(S(=O)(=O)c3ccc4ccccc4c3)CC2)nc1NO. The van der Waals surface area contributed by atoms with Gasteiger partial charge in [0, 0.05) is 32.4 Å². The molecule has 4 N–H and O–H groups in total. The quantitative estimate of drug-likeness (QED) is 0.335. The van der Waals surface area contributed by atoms with E-state index in [0.29, 0.717) is 13.1 Å². The van der Waals surface area contributed by atoms with Gasteiger partial charge in [-0.3, -0.25) is 20.7 Å². The largest absolute Gasteiger partial charge is 0.338 e. The molecule has 0 unspecified atom stereocenters. The lowest BCUT2D eigenvalue weighted by Gasteiger charge is -2.34. The molecule has 4 rings (SSSR count). The number of nitrogens with one attached hydrogen (secondary N) is 2. The van der Waals surface area contributed by atoms with Crippen LogP contribution in [0, 0.1) is 0 Å². The Kier molecular flexibility index (Phi) is 5.69. The van der Waals surface area contributed by atoms with E-state index in [1.807, 2.05) is 24.3 Å². The van der Waals surface area contributed by atoms with Gasteiger partial charge in [-0.25, -0.2) is 18.9 Å². The molecule has 1 amide bonds. The van der Waals surface area contributed by atoms with E-state index in [4.69, 9.17) is 5.21 Å². The van der Waals surface area contributed by atoms with Crippen LogP contribution in [-0.2, 0) is 10.0 Å². The van der Waals surface area contributed by atoms with Crippen LogP contribution in [0.25, 0.3) is 10.8 Å². The molecule has 1 aromatic heterocycles. The number of anilines is 2. The molecule has 31 heavy (non-hydrogen) atoms. The minimum atomic E-state index is -3.66. The third-order valence-corrected chi connectivity index (χ3v) is 7.00. The number of hydrogen-bond donors (Lipinski definition) is 4. The van der Waals surface area contributed by atoms with Gasteiger partial charge in [-0.05, 0) is 22.9 Å². The average molecular weight is 444 g/mol. The number of nitrogens with zero attached hydrogens (tertiary/aromatic N) is 4. The number of rotatable bonds is 5. The summed E-state index contributed by atoms with van der Waals surface area (Å²) in [5, 5.41) is 19.8. The van der Waals surface area contributed by atoms with Gasteiger partial charge in [-0.2, -0.15) is 9.29 Å². The Labute approximate surface area is 177 Å². The van der Waals surface area contributed by atoms with Crippen molar-refractivity contribution < 1.29 is 23.6 Å². The van der Waals surface area contributed by atoms with Gasteiger partial charge < -0.3 is 4.90 Å². The number of sulfonamides is 1. The van der Waals surface area contributed by atoms with Crippen molar-refractivity contribution in [1.29, 1.82) is 0 Å². The molecule has 2 heterocycles. The van der Waals surface area contributed by atoms with E-state index in [1.165, 1.54) is 9.79 Å². The maximum atomic E-state index is 13.1. The molecule has 0 spiro atoms. The zero-order chi connectivity index (χ0) is 22.0. The van der Waals surface area contributed by atoms with Crippen molar-refractivity contribution in [3.8, 4) is 0 Å². The van der Waals surface area contributed by atoms with Crippen molar-refractivity contribution in [2.45, 2.75) is 4.90 Å². The number of benzene rings is 2. The lowest BCUT2D eigenvalue weighted by atomic mass is 10.1. The Hall–Kier alpha value is -3.32. The minimum absolute atomic E-state index is 0.147. The number of piperazine rings is 1. The van der Waals surface area contributed by atoms with E-state index < -0.39 is 15.9 Å². The highest BCUT2D eigenvalue weighted by molar-refractivity contribution is 7.89. The van der Waals surface area contributed by atoms with Gasteiger partial charge in [0.2, 0.25) is 16.0 Å². The molecule has 3 aromatic rings. The lowest BCUT2D eigenvalue weighted by molar-refractivity contribution is 0.0705. The van der Waals surface area contributed by atoms with Gasteiger partial charge in [0.25, 0.3) is 5.91 Å². The third kappa shape index (κ3) is 4.01. The average Bonchev–Trinajstić information content (AvgIpc) is 2.82. The van der Waals surface area contributed by atoms with Crippen LogP contribution in [0.5, 0.6) is 0 Å². The van der Waals surface area contributed by atoms with Crippen molar-refractivity contribution in [3.63, 3.8) is 0 Å². The van der Waals surface area contributed by atoms with Crippen LogP contribution in [-0.4, -0.2) is 65.2 Å². The summed E-state index contributed by atoms with van der Waals surface area (Å²) in [4.78, 5) is 21.7. The van der Waals surface area contributed by atoms with Crippen molar-refractivity contribution in [1.82, 2.24) is 19.8 Å². The second-order valence-electron chi connectivity index (χ2n) is 6.89. The highest BCUT2D eigenvalue weighted by atomic mass is 32.2. The number of hydrogen-bond acceptors (Lipinski definition) is 9. The smallest absolute Gasteiger partial charge is 0.280 e. The first kappa shape index (κ1) is 20.9. The topological polar surface area (TPSA) is 148 Å². The fraction of sp³-hybridized carbons (Fsp3) is 0.211. The number of carbonyl (C=O) groups is 1. The van der Waals surface area contributed by atoms with Crippen molar-refractivity contribution >= 4 is 38.5 Å². The zero-order valence-electron chi connectivity index (χ0n) is 16.3. The molecule has 1 fully saturated rings. The van der Waals surface area contributed by atoms with E-state index in [0.717, 1.165) is 17.0 Å². The molecule has 1 aliphatic heterocycles. The Morgan fingerprint density at radius 3 is 2.39 bits per heavy atom. The molecule has 11 nitrogen and oxygen atoms in total. The molecular formula is C19H20N6O5S. The maximum Gasteiger partial charge on any atom is 0.280 e. The van der Waals surface area contributed by atoms with Crippen LogP contribution in [0.1, 0.15) is 10.4 Å². The van der Waals surface area contributed by atoms with Crippen LogP contribution in [0.4, 0.5) is 11.8 Å². The Balaban J connectivity index is 1.50. The predicted molar refractivity (Wildman–Crippen MR) is 112 cm³/mol. The molecule has 0 saturated carbocycles. The first-order chi connectivity index (χ1) is 14.9. The normalized spacial score (nSPS) is 15.1. The second kappa shape index (κ2) is 8.43. The Morgan fingerprint density at radius 2 is 1.71 bits per heavy atom. The van der Waals surface area contributed by atoms with E-state index >= 15 is 0 Å². The minimum Gasteiger partial charge on any atom is -0.338 e. The maximum absolute atomic E-state index is 13.1. The van der Waals surface area contributed by atoms with Crippen LogP contribution in [0.3, 0.4) is 0 Å². The fourth-order valence-electron chi connectivity index (χ4n) is 3.44. The molecule has 0 aliphatic carbocycles. The van der Waals surface area contributed by atoms with Gasteiger partial charge >= 0.3 is 0 Å². The summed E-state index contributed by atoms with van der Waals surface area (Å²) in [6.45, 7) is 1.09. The van der Waals surface area contributed by atoms with E-state index in [-0.39, 0.29) is 35.3 Å². The summed E-state index contributed by atoms with van der Waals surface area (Å²) in [6.07, 6.45) is 1.16. The summed E-state index contributed by atoms with van der Waals surface area (Å²) >= 11 is 0. The fourth-order valence-corrected chi connectivity index (χ4v) is 4.90. The summed E-state index contributed by atoms with van der Waals surface area (Å²) in [6, 6.07) is 12.6. The number of fused-ring (bicyclic) bond motifs is 1. The van der Waals surface area contributed by atoms with E-state index in [2.05, 4.69) is 9.97 Å². The number of hydroxylamine groups is 1. The van der Waals surface area contributed by atoms with Gasteiger partial charge in [-0.15, -0.1) is 0 Å². The molecule has 0 bridgehead atoms. The summed E-state index contributed by atoms with van der Waals surface area (Å²) in [7, 11) is -3.66. The molecule has 1 aliphatic rings. The molecule has 1 saturated heterocycles. The van der Waals surface area contributed by atoms with Gasteiger partial charge in [0.1, 0.15) is 5.56 Å². The van der Waals surface area contributed by atoms with Gasteiger partial charge in [0.15, 0.2) is 5.82 Å². The Bertz CT molecular complexity index is 1230. The van der Waals surface area contributed by atoms with Crippen LogP contribution < -0.4 is 15.9 Å². The molecular weight excluding hydrogens is 424 g/mol. The third-order valence-electron chi connectivity index (χ3n) is 5.11. The summed E-state index contributed by atoms with van der Waals surface area (Å²) in [5.41, 5.74) is 3.10. The standard InChI is InChI=1S/C19H20N6O5S/c26-18(23-28)16-12-20-19(21-17(16)22-27)24-7-9-25(10-8-24)31(29,30)15-6-5-13-3-1-2-4-14(13)11-15/h1-6,11-12,27-28H,7-10H2,(H,23,26)(H,20,21,22). The lowest BCUT2D eigenvalue weighted by Crippen LogP contribution is -2.49. The monoisotopic (exact) mass is 444 g/mol. The molecule has 12 heteroatoms. The zero-order valence-corrected chi connectivity index (χ0v) is 17.1. The van der Waals surface area contributed by atoms with Gasteiger partial charge in [-0.1, -0.05) is 30.3 Å². The summed E-state index contributed by atoms with van der Waals surface area (Å²) in [5.74, 6) is -0.842. The first-order valence-corrected chi connectivity index (χ1v) is 10.8. The second-order valence-corrected chi connectivity index (χ2v) is 8.82. The number of amides is 1. The number of aromatic nitrogens is 2. The number of carbonyl (C=O) groups excluding carboxylic acids is 1. The first-order valence-electron chi connectivity index (χ1n) is 9.39. The summed E-state index contributed by atoms with van der Waals surface area (Å²) < 4.78 is 27.6. The van der Waals surface area contributed by atoms with Crippen LogP contribution in [0.2, 0.25) is 0 Å². The molecule has 0 radical (unpaired) electrons. The molecule has 0 atom stereocenters. The predicted octanol–water partition coefficient (Wildman–Crippen LogP) is 1.06. The van der Waals surface area contributed by atoms with Crippen molar-refractivity contribution in [2.75, 3.05) is 36.6 Å². The van der Waals surface area contributed by atoms with Crippen molar-refractivity contribution in [3.05, 3.63) is 54.2 Å². The van der Waals surface area contributed by atoms with Crippen molar-refractivity contribution in [2.24, 2.45) is 0 Å². The Morgan fingerprint density at radius 1 is 1.00 bits per heavy atom. The van der Waals surface area contributed by atoms with Crippen LogP contribution >= 0.6 is 0 Å². The highest BCUT2D eigenvalue weighted by Gasteiger charge is 2.30. The van der Waals surface area contributed by atoms with Gasteiger partial charge in [0.05, 0.1) is 4.90 Å².